The van der Waals surface area contributed by atoms with E-state index in [0.29, 0.717) is 29.0 Å². The first kappa shape index (κ1) is 19.2. The second kappa shape index (κ2) is 9.36. The highest BCUT2D eigenvalue weighted by Crippen LogP contribution is 2.15. The molecule has 0 unspecified atom stereocenters. The average molecular weight is 353 g/mol. The predicted octanol–water partition coefficient (Wildman–Crippen LogP) is 3.43. The first-order valence-corrected chi connectivity index (χ1v) is 8.57. The number of rotatable bonds is 7. The summed E-state index contributed by atoms with van der Waals surface area (Å²) in [6, 6.07) is 13.3. The van der Waals surface area contributed by atoms with Crippen molar-refractivity contribution in [2.45, 2.75) is 26.7 Å². The van der Waals surface area contributed by atoms with Gasteiger partial charge in [-0.2, -0.15) is 0 Å². The van der Waals surface area contributed by atoms with Crippen molar-refractivity contribution in [1.82, 2.24) is 5.32 Å². The molecule has 0 radical (unpaired) electrons. The lowest BCUT2D eigenvalue weighted by molar-refractivity contribution is -0.114. The summed E-state index contributed by atoms with van der Waals surface area (Å²) < 4.78 is 0. The number of hydrogen-bond acceptors (Lipinski definition) is 3. The Kier molecular flexibility index (Phi) is 6.91. The van der Waals surface area contributed by atoms with Crippen LogP contribution in [0.4, 0.5) is 11.4 Å². The van der Waals surface area contributed by atoms with Crippen LogP contribution in [-0.2, 0) is 4.79 Å². The summed E-state index contributed by atoms with van der Waals surface area (Å²) in [6.07, 6.45) is 1.96. The Morgan fingerprint density at radius 3 is 1.77 bits per heavy atom. The van der Waals surface area contributed by atoms with E-state index in [0.717, 1.165) is 12.8 Å². The van der Waals surface area contributed by atoms with Crippen molar-refractivity contribution in [3.8, 4) is 0 Å². The van der Waals surface area contributed by atoms with Gasteiger partial charge in [-0.25, -0.2) is 0 Å². The molecule has 0 spiro atoms. The monoisotopic (exact) mass is 353 g/mol. The van der Waals surface area contributed by atoms with Crippen LogP contribution in [0.15, 0.2) is 48.5 Å². The molecule has 0 aromatic heterocycles. The predicted molar refractivity (Wildman–Crippen MR) is 102 cm³/mol. The van der Waals surface area contributed by atoms with Crippen LogP contribution in [0.25, 0.3) is 0 Å². The Morgan fingerprint density at radius 2 is 1.27 bits per heavy atom. The normalized spacial score (nSPS) is 10.1. The maximum absolute atomic E-state index is 12.3. The Morgan fingerprint density at radius 1 is 0.769 bits per heavy atom. The van der Waals surface area contributed by atoms with Gasteiger partial charge in [-0.15, -0.1) is 0 Å². The lowest BCUT2D eigenvalue weighted by Crippen LogP contribution is -2.24. The fraction of sp³-hybridized carbons (Fsp3) is 0.250. The molecular formula is C20H23N3O3. The van der Waals surface area contributed by atoms with E-state index in [9.17, 15) is 14.4 Å². The van der Waals surface area contributed by atoms with Gasteiger partial charge in [0.25, 0.3) is 11.8 Å². The quantitative estimate of drug-likeness (QED) is 0.667. The third-order valence-electron chi connectivity index (χ3n) is 3.69. The van der Waals surface area contributed by atoms with Crippen LogP contribution >= 0.6 is 0 Å². The molecule has 0 bridgehead atoms. The van der Waals surface area contributed by atoms with Gasteiger partial charge >= 0.3 is 0 Å². The lowest BCUT2D eigenvalue weighted by Gasteiger charge is -2.08. The summed E-state index contributed by atoms with van der Waals surface area (Å²) in [7, 11) is 0. The molecule has 26 heavy (non-hydrogen) atoms. The van der Waals surface area contributed by atoms with Gasteiger partial charge in [0.05, 0.1) is 0 Å². The van der Waals surface area contributed by atoms with E-state index in [-0.39, 0.29) is 17.7 Å². The molecule has 0 saturated carbocycles. The third-order valence-corrected chi connectivity index (χ3v) is 3.69. The molecule has 2 rings (SSSR count). The zero-order chi connectivity index (χ0) is 18.9. The Labute approximate surface area is 153 Å². The number of nitrogens with one attached hydrogen (secondary N) is 3. The number of unbranched alkanes of at least 4 members (excludes halogenated alkanes) is 1. The van der Waals surface area contributed by atoms with E-state index in [1.165, 1.54) is 6.92 Å². The van der Waals surface area contributed by atoms with Crippen molar-refractivity contribution in [3.05, 3.63) is 59.7 Å². The summed E-state index contributed by atoms with van der Waals surface area (Å²) in [5.41, 5.74) is 2.26. The average Bonchev–Trinajstić information content (AvgIpc) is 2.63. The number of amides is 3. The van der Waals surface area contributed by atoms with Crippen LogP contribution in [0.5, 0.6) is 0 Å². The standard InChI is InChI=1S/C20H23N3O3/c1-3-4-13-21-19(25)15-5-7-16(8-6-15)20(26)23-18-11-9-17(10-12-18)22-14(2)24/h5-12H,3-4,13H2,1-2H3,(H,21,25)(H,22,24)(H,23,26). The molecule has 6 nitrogen and oxygen atoms in total. The van der Waals surface area contributed by atoms with Crippen molar-refractivity contribution in [2.24, 2.45) is 0 Å². The van der Waals surface area contributed by atoms with Crippen LogP contribution in [0.2, 0.25) is 0 Å². The van der Waals surface area contributed by atoms with Gasteiger partial charge in [-0.05, 0) is 55.0 Å². The molecule has 0 heterocycles. The minimum atomic E-state index is -0.268. The lowest BCUT2D eigenvalue weighted by atomic mass is 10.1. The van der Waals surface area contributed by atoms with Gasteiger partial charge in [0, 0.05) is 36.0 Å². The highest BCUT2D eigenvalue weighted by atomic mass is 16.2. The first-order chi connectivity index (χ1) is 12.5. The Hall–Kier alpha value is -3.15. The van der Waals surface area contributed by atoms with Gasteiger partial charge in [-0.3, -0.25) is 14.4 Å². The van der Waals surface area contributed by atoms with Crippen molar-refractivity contribution in [2.75, 3.05) is 17.2 Å². The highest BCUT2D eigenvalue weighted by molar-refractivity contribution is 6.05. The highest BCUT2D eigenvalue weighted by Gasteiger charge is 2.09. The SMILES string of the molecule is CCCCNC(=O)c1ccc(C(=O)Nc2ccc(NC(C)=O)cc2)cc1. The number of carbonyl (C=O) groups is 3. The Bertz CT molecular complexity index is 768. The number of hydrogen-bond donors (Lipinski definition) is 3. The molecule has 2 aromatic rings. The summed E-state index contributed by atoms with van der Waals surface area (Å²) in [6.45, 7) is 4.14. The molecule has 6 heteroatoms. The van der Waals surface area contributed by atoms with E-state index in [2.05, 4.69) is 22.9 Å². The van der Waals surface area contributed by atoms with E-state index >= 15 is 0 Å². The van der Waals surface area contributed by atoms with Crippen LogP contribution in [0, 0.1) is 0 Å². The second-order valence-corrected chi connectivity index (χ2v) is 5.90. The van der Waals surface area contributed by atoms with Crippen molar-refractivity contribution in [3.63, 3.8) is 0 Å². The molecule has 3 N–H and O–H groups in total. The van der Waals surface area contributed by atoms with Crippen LogP contribution in [0.3, 0.4) is 0 Å². The molecule has 0 saturated heterocycles. The van der Waals surface area contributed by atoms with E-state index in [4.69, 9.17) is 0 Å². The maximum atomic E-state index is 12.3. The molecule has 0 aliphatic heterocycles. The zero-order valence-electron chi connectivity index (χ0n) is 15.0. The second-order valence-electron chi connectivity index (χ2n) is 5.90. The van der Waals surface area contributed by atoms with Gasteiger partial charge in [0.2, 0.25) is 5.91 Å². The van der Waals surface area contributed by atoms with E-state index in [1.807, 2.05) is 0 Å². The summed E-state index contributed by atoms with van der Waals surface area (Å²) in [5, 5.41) is 8.28. The van der Waals surface area contributed by atoms with E-state index in [1.54, 1.807) is 48.5 Å². The molecule has 0 atom stereocenters. The summed E-state index contributed by atoms with van der Waals surface area (Å²) >= 11 is 0. The Balaban J connectivity index is 1.95. The molecule has 136 valence electrons. The summed E-state index contributed by atoms with van der Waals surface area (Å²) in [4.78, 5) is 35.2. The van der Waals surface area contributed by atoms with Crippen molar-refractivity contribution in [1.29, 1.82) is 0 Å². The largest absolute Gasteiger partial charge is 0.352 e. The molecular weight excluding hydrogens is 330 g/mol. The maximum Gasteiger partial charge on any atom is 0.255 e. The minimum absolute atomic E-state index is 0.140. The first-order valence-electron chi connectivity index (χ1n) is 8.57. The zero-order valence-corrected chi connectivity index (χ0v) is 15.0. The summed E-state index contributed by atoms with van der Waals surface area (Å²) in [5.74, 6) is -0.560. The fourth-order valence-corrected chi connectivity index (χ4v) is 2.30. The topological polar surface area (TPSA) is 87.3 Å². The van der Waals surface area contributed by atoms with Crippen LogP contribution < -0.4 is 16.0 Å². The minimum Gasteiger partial charge on any atom is -0.352 e. The molecule has 3 amide bonds. The molecule has 0 fully saturated rings. The van der Waals surface area contributed by atoms with Gasteiger partial charge in [0.1, 0.15) is 0 Å². The number of carbonyl (C=O) groups excluding carboxylic acids is 3. The van der Waals surface area contributed by atoms with Gasteiger partial charge in [-0.1, -0.05) is 13.3 Å². The molecule has 0 aliphatic rings. The number of anilines is 2. The van der Waals surface area contributed by atoms with Gasteiger partial charge in [0.15, 0.2) is 0 Å². The van der Waals surface area contributed by atoms with Crippen LogP contribution in [-0.4, -0.2) is 24.3 Å². The third kappa shape index (κ3) is 5.73. The fourth-order valence-electron chi connectivity index (χ4n) is 2.30. The number of benzene rings is 2. The van der Waals surface area contributed by atoms with Crippen molar-refractivity contribution < 1.29 is 14.4 Å². The van der Waals surface area contributed by atoms with E-state index < -0.39 is 0 Å². The van der Waals surface area contributed by atoms with Crippen LogP contribution in [0.1, 0.15) is 47.4 Å². The molecule has 2 aromatic carbocycles. The van der Waals surface area contributed by atoms with Crippen molar-refractivity contribution >= 4 is 29.1 Å². The van der Waals surface area contributed by atoms with Gasteiger partial charge < -0.3 is 16.0 Å². The smallest absolute Gasteiger partial charge is 0.255 e. The molecule has 0 aliphatic carbocycles.